The molecule has 1 aliphatic carbocycles. The minimum atomic E-state index is -0.0869. The molecule has 3 nitrogen and oxygen atoms in total. The van der Waals surface area contributed by atoms with Gasteiger partial charge in [0.25, 0.3) is 0 Å². The van der Waals surface area contributed by atoms with E-state index in [0.717, 1.165) is 24.3 Å². The lowest BCUT2D eigenvalue weighted by atomic mass is 9.81. The van der Waals surface area contributed by atoms with E-state index in [1.807, 2.05) is 0 Å². The van der Waals surface area contributed by atoms with Gasteiger partial charge in [0.2, 0.25) is 0 Å². The van der Waals surface area contributed by atoms with E-state index in [1.54, 1.807) is 7.11 Å². The van der Waals surface area contributed by atoms with E-state index >= 15 is 0 Å². The number of hydrogen-bond acceptors (Lipinski definition) is 3. The van der Waals surface area contributed by atoms with Crippen LogP contribution in [0.2, 0.25) is 0 Å². The summed E-state index contributed by atoms with van der Waals surface area (Å²) in [5.41, 5.74) is 8.96. The van der Waals surface area contributed by atoms with Crippen LogP contribution in [-0.2, 0) is 11.2 Å². The Hall–Kier alpha value is -1.06. The highest BCUT2D eigenvalue weighted by atomic mass is 16.5. The Morgan fingerprint density at radius 2 is 2.05 bits per heavy atom. The third-order valence-corrected chi connectivity index (χ3v) is 4.84. The Morgan fingerprint density at radius 3 is 2.80 bits per heavy atom. The maximum Gasteiger partial charge on any atom is 0.127 e. The van der Waals surface area contributed by atoms with E-state index in [2.05, 4.69) is 18.2 Å². The Morgan fingerprint density at radius 1 is 1.25 bits per heavy atom. The number of rotatable bonds is 4. The van der Waals surface area contributed by atoms with Crippen LogP contribution in [0.5, 0.6) is 5.75 Å². The molecule has 0 saturated heterocycles. The summed E-state index contributed by atoms with van der Waals surface area (Å²) in [4.78, 5) is 0. The van der Waals surface area contributed by atoms with E-state index in [9.17, 15) is 0 Å². The van der Waals surface area contributed by atoms with E-state index in [4.69, 9.17) is 15.2 Å². The minimum absolute atomic E-state index is 0.0869. The van der Waals surface area contributed by atoms with E-state index < -0.39 is 0 Å². The summed E-state index contributed by atoms with van der Waals surface area (Å²) in [5, 5.41) is 0. The lowest BCUT2D eigenvalue weighted by Crippen LogP contribution is -2.36. The second-order valence-corrected chi connectivity index (χ2v) is 6.06. The summed E-state index contributed by atoms with van der Waals surface area (Å²) in [7, 11) is 1.79. The Balaban J connectivity index is 1.83. The molecule has 2 unspecified atom stereocenters. The fourth-order valence-corrected chi connectivity index (χ4v) is 3.78. The fourth-order valence-electron chi connectivity index (χ4n) is 3.78. The maximum absolute atomic E-state index is 6.55. The highest BCUT2D eigenvalue weighted by Crippen LogP contribution is 2.38. The number of benzene rings is 1. The summed E-state index contributed by atoms with van der Waals surface area (Å²) in [6.07, 6.45) is 7.54. The summed E-state index contributed by atoms with van der Waals surface area (Å²) in [5.74, 6) is 1.60. The SMILES string of the molecule is COC(C1CCCCC1)C(N)c1cccc2c1OCC2. The smallest absolute Gasteiger partial charge is 0.127 e. The molecule has 0 radical (unpaired) electrons. The quantitative estimate of drug-likeness (QED) is 0.917. The molecule has 0 bridgehead atoms. The van der Waals surface area contributed by atoms with Crippen molar-refractivity contribution in [2.24, 2.45) is 11.7 Å². The Kier molecular flexibility index (Phi) is 4.27. The van der Waals surface area contributed by atoms with Crippen LogP contribution in [0.15, 0.2) is 18.2 Å². The maximum atomic E-state index is 6.55. The number of methoxy groups -OCH3 is 1. The number of fused-ring (bicyclic) bond motifs is 1. The second-order valence-electron chi connectivity index (χ2n) is 6.06. The monoisotopic (exact) mass is 275 g/mol. The lowest BCUT2D eigenvalue weighted by Gasteiger charge is -2.33. The van der Waals surface area contributed by atoms with Crippen LogP contribution in [0.3, 0.4) is 0 Å². The average molecular weight is 275 g/mol. The first-order chi connectivity index (χ1) is 9.81. The molecule has 1 saturated carbocycles. The van der Waals surface area contributed by atoms with Gasteiger partial charge in [-0.3, -0.25) is 0 Å². The molecule has 1 aromatic rings. The van der Waals surface area contributed by atoms with Gasteiger partial charge >= 0.3 is 0 Å². The molecule has 0 amide bonds. The third kappa shape index (κ3) is 2.57. The largest absolute Gasteiger partial charge is 0.493 e. The predicted octanol–water partition coefficient (Wildman–Crippen LogP) is 3.22. The second kappa shape index (κ2) is 6.15. The molecule has 0 aromatic heterocycles. The van der Waals surface area contributed by atoms with E-state index in [-0.39, 0.29) is 12.1 Å². The zero-order valence-corrected chi connectivity index (χ0v) is 12.3. The molecule has 20 heavy (non-hydrogen) atoms. The first-order valence-electron chi connectivity index (χ1n) is 7.84. The van der Waals surface area contributed by atoms with Gasteiger partial charge in [0, 0.05) is 19.1 Å². The zero-order chi connectivity index (χ0) is 13.9. The minimum Gasteiger partial charge on any atom is -0.493 e. The van der Waals surface area contributed by atoms with Crippen LogP contribution < -0.4 is 10.5 Å². The van der Waals surface area contributed by atoms with Crippen molar-refractivity contribution in [2.75, 3.05) is 13.7 Å². The molecule has 0 spiro atoms. The van der Waals surface area contributed by atoms with Crippen LogP contribution in [0.25, 0.3) is 0 Å². The number of ether oxygens (including phenoxy) is 2. The normalized spacial score (nSPS) is 22.1. The molecule has 2 N–H and O–H groups in total. The molecule has 1 aromatic carbocycles. The van der Waals surface area contributed by atoms with Crippen molar-refractivity contribution in [1.29, 1.82) is 0 Å². The van der Waals surface area contributed by atoms with Crippen LogP contribution >= 0.6 is 0 Å². The van der Waals surface area contributed by atoms with Gasteiger partial charge in [-0.25, -0.2) is 0 Å². The van der Waals surface area contributed by atoms with Crippen molar-refractivity contribution in [1.82, 2.24) is 0 Å². The fraction of sp³-hybridized carbons (Fsp3) is 0.647. The van der Waals surface area contributed by atoms with Crippen molar-refractivity contribution in [2.45, 2.75) is 50.7 Å². The van der Waals surface area contributed by atoms with Crippen molar-refractivity contribution < 1.29 is 9.47 Å². The average Bonchev–Trinajstić information content (AvgIpc) is 2.97. The summed E-state index contributed by atoms with van der Waals surface area (Å²) in [6.45, 7) is 0.778. The topological polar surface area (TPSA) is 44.5 Å². The van der Waals surface area contributed by atoms with Crippen LogP contribution in [0.4, 0.5) is 0 Å². The molecule has 1 heterocycles. The lowest BCUT2D eigenvalue weighted by molar-refractivity contribution is 0.0168. The summed E-state index contributed by atoms with van der Waals surface area (Å²) >= 11 is 0. The molecule has 3 heteroatoms. The Labute approximate surface area is 121 Å². The zero-order valence-electron chi connectivity index (χ0n) is 12.3. The van der Waals surface area contributed by atoms with Gasteiger partial charge in [-0.1, -0.05) is 37.5 Å². The van der Waals surface area contributed by atoms with Crippen LogP contribution in [-0.4, -0.2) is 19.8 Å². The van der Waals surface area contributed by atoms with E-state index in [1.165, 1.54) is 37.7 Å². The van der Waals surface area contributed by atoms with Gasteiger partial charge < -0.3 is 15.2 Å². The Bertz CT molecular complexity index is 454. The summed E-state index contributed by atoms with van der Waals surface area (Å²) < 4.78 is 11.6. The van der Waals surface area contributed by atoms with Crippen LogP contribution in [0.1, 0.15) is 49.3 Å². The van der Waals surface area contributed by atoms with E-state index in [0.29, 0.717) is 5.92 Å². The summed E-state index contributed by atoms with van der Waals surface area (Å²) in [6, 6.07) is 6.25. The van der Waals surface area contributed by atoms with Gasteiger partial charge in [-0.15, -0.1) is 0 Å². The molecule has 110 valence electrons. The van der Waals surface area contributed by atoms with Gasteiger partial charge in [0.1, 0.15) is 5.75 Å². The molecule has 3 rings (SSSR count). The van der Waals surface area contributed by atoms with Crippen LogP contribution in [0, 0.1) is 5.92 Å². The molecule has 2 aliphatic rings. The first kappa shape index (κ1) is 13.9. The predicted molar refractivity (Wildman–Crippen MR) is 79.9 cm³/mol. The molecule has 2 atom stereocenters. The highest BCUT2D eigenvalue weighted by molar-refractivity contribution is 5.46. The van der Waals surface area contributed by atoms with Gasteiger partial charge in [0.15, 0.2) is 0 Å². The number of nitrogens with two attached hydrogens (primary N) is 1. The van der Waals surface area contributed by atoms with Crippen molar-refractivity contribution in [3.8, 4) is 5.75 Å². The van der Waals surface area contributed by atoms with Gasteiger partial charge in [0.05, 0.1) is 18.8 Å². The van der Waals surface area contributed by atoms with Gasteiger partial charge in [-0.05, 0) is 24.3 Å². The first-order valence-corrected chi connectivity index (χ1v) is 7.84. The number of para-hydroxylation sites is 1. The molecular weight excluding hydrogens is 250 g/mol. The molecular formula is C17H25NO2. The molecule has 1 fully saturated rings. The molecule has 1 aliphatic heterocycles. The van der Waals surface area contributed by atoms with Crippen molar-refractivity contribution >= 4 is 0 Å². The van der Waals surface area contributed by atoms with Gasteiger partial charge in [-0.2, -0.15) is 0 Å². The van der Waals surface area contributed by atoms with Crippen molar-refractivity contribution in [3.05, 3.63) is 29.3 Å². The highest BCUT2D eigenvalue weighted by Gasteiger charge is 2.32. The van der Waals surface area contributed by atoms with Crippen molar-refractivity contribution in [3.63, 3.8) is 0 Å². The third-order valence-electron chi connectivity index (χ3n) is 4.84. The number of hydrogen-bond donors (Lipinski definition) is 1. The standard InChI is InChI=1S/C17H25NO2/c1-19-17(12-6-3-2-4-7-12)15(18)14-9-5-8-13-10-11-20-16(13)14/h5,8-9,12,15,17H,2-4,6-7,10-11,18H2,1H3.